The molecule has 0 bridgehead atoms. The third kappa shape index (κ3) is 2.58. The molecule has 1 aromatic rings. The highest BCUT2D eigenvalue weighted by Gasteiger charge is 2.14. The molecule has 0 spiro atoms. The summed E-state index contributed by atoms with van der Waals surface area (Å²) in [5, 5.41) is 0. The summed E-state index contributed by atoms with van der Waals surface area (Å²) < 4.78 is 14.4. The number of nitrogens with two attached hydrogens (primary N) is 1. The van der Waals surface area contributed by atoms with E-state index in [4.69, 9.17) is 5.73 Å². The molecule has 0 amide bonds. The van der Waals surface area contributed by atoms with E-state index in [-0.39, 0.29) is 5.82 Å². The van der Waals surface area contributed by atoms with Crippen molar-refractivity contribution in [2.75, 3.05) is 6.54 Å². The first-order chi connectivity index (χ1) is 6.99. The number of hydrogen-bond acceptors (Lipinski definition) is 1. The van der Waals surface area contributed by atoms with Crippen LogP contribution in [0.5, 0.6) is 0 Å². The minimum atomic E-state index is -0.147. The Hall–Kier alpha value is -0.410. The first-order valence-electron chi connectivity index (χ1n) is 5.14. The molecule has 0 fully saturated rings. The van der Waals surface area contributed by atoms with Crippen molar-refractivity contribution in [2.24, 2.45) is 5.73 Å². The molecule has 0 saturated heterocycles. The van der Waals surface area contributed by atoms with Gasteiger partial charge in [0.1, 0.15) is 5.82 Å². The SMILES string of the molecule is Cc1c(F)cc(C(C)CCN)c(C)c1Br. The lowest BCUT2D eigenvalue weighted by molar-refractivity contribution is 0.605. The monoisotopic (exact) mass is 273 g/mol. The maximum absolute atomic E-state index is 13.6. The highest BCUT2D eigenvalue weighted by atomic mass is 79.9. The molecule has 3 heteroatoms. The van der Waals surface area contributed by atoms with E-state index < -0.39 is 0 Å². The fourth-order valence-electron chi connectivity index (χ4n) is 1.78. The van der Waals surface area contributed by atoms with Gasteiger partial charge in [0, 0.05) is 4.47 Å². The van der Waals surface area contributed by atoms with Gasteiger partial charge in [-0.15, -0.1) is 0 Å². The minimum absolute atomic E-state index is 0.147. The predicted molar refractivity (Wildman–Crippen MR) is 65.7 cm³/mol. The molecular weight excluding hydrogens is 257 g/mol. The summed E-state index contributed by atoms with van der Waals surface area (Å²) in [7, 11) is 0. The molecule has 2 N–H and O–H groups in total. The lowest BCUT2D eigenvalue weighted by Crippen LogP contribution is -2.07. The van der Waals surface area contributed by atoms with Crippen LogP contribution in [0.1, 0.15) is 36.0 Å². The van der Waals surface area contributed by atoms with Gasteiger partial charge in [0.25, 0.3) is 0 Å². The molecule has 0 saturated carbocycles. The average Bonchev–Trinajstić information content (AvgIpc) is 2.20. The van der Waals surface area contributed by atoms with Crippen molar-refractivity contribution in [3.63, 3.8) is 0 Å². The van der Waals surface area contributed by atoms with Crippen molar-refractivity contribution in [1.82, 2.24) is 0 Å². The smallest absolute Gasteiger partial charge is 0.127 e. The van der Waals surface area contributed by atoms with Crippen LogP contribution in [-0.4, -0.2) is 6.54 Å². The Balaban J connectivity index is 3.19. The second kappa shape index (κ2) is 5.08. The first kappa shape index (κ1) is 12.7. The Morgan fingerprint density at radius 3 is 2.53 bits per heavy atom. The second-order valence-electron chi connectivity index (χ2n) is 3.99. The van der Waals surface area contributed by atoms with Crippen molar-refractivity contribution in [3.05, 3.63) is 33.0 Å². The minimum Gasteiger partial charge on any atom is -0.330 e. The second-order valence-corrected chi connectivity index (χ2v) is 4.78. The Morgan fingerprint density at radius 2 is 2.00 bits per heavy atom. The summed E-state index contributed by atoms with van der Waals surface area (Å²) in [5.41, 5.74) is 8.37. The van der Waals surface area contributed by atoms with Gasteiger partial charge >= 0.3 is 0 Å². The van der Waals surface area contributed by atoms with E-state index in [1.807, 2.05) is 6.92 Å². The highest BCUT2D eigenvalue weighted by Crippen LogP contribution is 2.31. The summed E-state index contributed by atoms with van der Waals surface area (Å²) in [6.45, 7) is 6.51. The van der Waals surface area contributed by atoms with Gasteiger partial charge in [0.05, 0.1) is 0 Å². The molecule has 15 heavy (non-hydrogen) atoms. The van der Waals surface area contributed by atoms with Crippen LogP contribution in [0.2, 0.25) is 0 Å². The van der Waals surface area contributed by atoms with Gasteiger partial charge in [-0.3, -0.25) is 0 Å². The molecule has 84 valence electrons. The lowest BCUT2D eigenvalue weighted by Gasteiger charge is -2.16. The van der Waals surface area contributed by atoms with Crippen LogP contribution in [-0.2, 0) is 0 Å². The number of hydrogen-bond donors (Lipinski definition) is 1. The van der Waals surface area contributed by atoms with Gasteiger partial charge in [0.15, 0.2) is 0 Å². The molecule has 0 heterocycles. The molecule has 0 aliphatic carbocycles. The fourth-order valence-corrected chi connectivity index (χ4v) is 2.20. The summed E-state index contributed by atoms with van der Waals surface area (Å²) in [5.74, 6) is 0.160. The Kier molecular flexibility index (Phi) is 4.29. The molecule has 0 aromatic heterocycles. The van der Waals surface area contributed by atoms with Crippen molar-refractivity contribution < 1.29 is 4.39 Å². The zero-order valence-electron chi connectivity index (χ0n) is 9.40. The van der Waals surface area contributed by atoms with Crippen LogP contribution in [0, 0.1) is 19.7 Å². The van der Waals surface area contributed by atoms with Crippen molar-refractivity contribution in [3.8, 4) is 0 Å². The Bertz CT molecular complexity index is 363. The normalized spacial score (nSPS) is 12.9. The van der Waals surface area contributed by atoms with Crippen LogP contribution in [0.4, 0.5) is 4.39 Å². The molecule has 1 atom stereocenters. The van der Waals surface area contributed by atoms with Crippen molar-refractivity contribution in [2.45, 2.75) is 33.1 Å². The van der Waals surface area contributed by atoms with Crippen LogP contribution in [0.25, 0.3) is 0 Å². The maximum atomic E-state index is 13.6. The van der Waals surface area contributed by atoms with Crippen LogP contribution in [0.3, 0.4) is 0 Å². The predicted octanol–water partition coefficient (Wildman–Crippen LogP) is 3.66. The van der Waals surface area contributed by atoms with Gasteiger partial charge in [-0.1, -0.05) is 22.9 Å². The van der Waals surface area contributed by atoms with E-state index in [0.717, 1.165) is 22.0 Å². The standard InChI is InChI=1S/C12H17BrFN/c1-7(4-5-15)10-6-11(14)9(3)12(13)8(10)2/h6-7H,4-5,15H2,1-3H3. The zero-order valence-corrected chi connectivity index (χ0v) is 11.0. The van der Waals surface area contributed by atoms with Crippen molar-refractivity contribution in [1.29, 1.82) is 0 Å². The lowest BCUT2D eigenvalue weighted by atomic mass is 9.92. The molecule has 0 aliphatic rings. The molecular formula is C12H17BrFN. The van der Waals surface area contributed by atoms with E-state index >= 15 is 0 Å². The Morgan fingerprint density at radius 1 is 1.40 bits per heavy atom. The van der Waals surface area contributed by atoms with Gasteiger partial charge in [-0.2, -0.15) is 0 Å². The molecule has 1 aromatic carbocycles. The number of benzene rings is 1. The molecule has 1 nitrogen and oxygen atoms in total. The molecule has 0 radical (unpaired) electrons. The third-order valence-corrected chi connectivity index (χ3v) is 4.05. The van der Waals surface area contributed by atoms with Crippen LogP contribution >= 0.6 is 15.9 Å². The molecule has 1 rings (SSSR count). The van der Waals surface area contributed by atoms with Gasteiger partial charge < -0.3 is 5.73 Å². The fraction of sp³-hybridized carbons (Fsp3) is 0.500. The van der Waals surface area contributed by atoms with E-state index in [9.17, 15) is 4.39 Å². The van der Waals surface area contributed by atoms with Crippen LogP contribution in [0.15, 0.2) is 10.5 Å². The zero-order chi connectivity index (χ0) is 11.6. The van der Waals surface area contributed by atoms with E-state index in [2.05, 4.69) is 22.9 Å². The van der Waals surface area contributed by atoms with E-state index in [1.54, 1.807) is 13.0 Å². The highest BCUT2D eigenvalue weighted by molar-refractivity contribution is 9.10. The maximum Gasteiger partial charge on any atom is 0.127 e. The molecule has 1 unspecified atom stereocenters. The average molecular weight is 274 g/mol. The van der Waals surface area contributed by atoms with Crippen molar-refractivity contribution >= 4 is 15.9 Å². The topological polar surface area (TPSA) is 26.0 Å². The number of rotatable bonds is 3. The third-order valence-electron chi connectivity index (χ3n) is 2.86. The Labute approximate surface area is 99.0 Å². The van der Waals surface area contributed by atoms with Gasteiger partial charge in [-0.25, -0.2) is 4.39 Å². The quantitative estimate of drug-likeness (QED) is 0.894. The summed E-state index contributed by atoms with van der Waals surface area (Å²) in [6.07, 6.45) is 0.885. The summed E-state index contributed by atoms with van der Waals surface area (Å²) in [4.78, 5) is 0. The summed E-state index contributed by atoms with van der Waals surface area (Å²) >= 11 is 3.43. The number of halogens is 2. The van der Waals surface area contributed by atoms with E-state index in [1.165, 1.54) is 0 Å². The summed E-state index contributed by atoms with van der Waals surface area (Å²) in [6, 6.07) is 1.63. The molecule has 0 aliphatic heterocycles. The van der Waals surface area contributed by atoms with Gasteiger partial charge in [-0.05, 0) is 55.5 Å². The van der Waals surface area contributed by atoms with Gasteiger partial charge in [0.2, 0.25) is 0 Å². The first-order valence-corrected chi connectivity index (χ1v) is 5.93. The largest absolute Gasteiger partial charge is 0.330 e. The van der Waals surface area contributed by atoms with Crippen LogP contribution < -0.4 is 5.73 Å². The van der Waals surface area contributed by atoms with E-state index in [0.29, 0.717) is 18.0 Å².